The number of hydrogen-bond acceptors (Lipinski definition) is 4. The van der Waals surface area contributed by atoms with Gasteiger partial charge >= 0.3 is 5.97 Å². The molecule has 0 aliphatic heterocycles. The molecule has 5 nitrogen and oxygen atoms in total. The summed E-state index contributed by atoms with van der Waals surface area (Å²) in [6.45, 7) is 3.25. The van der Waals surface area contributed by atoms with Gasteiger partial charge in [0, 0.05) is 10.7 Å². The van der Waals surface area contributed by atoms with Crippen LogP contribution in [-0.2, 0) is 20.7 Å². The number of rotatable bonds is 7. The van der Waals surface area contributed by atoms with Gasteiger partial charge in [0.25, 0.3) is 5.91 Å². The Hall–Kier alpha value is -2.53. The average molecular weight is 362 g/mol. The van der Waals surface area contributed by atoms with Gasteiger partial charge in [-0.25, -0.2) is 4.79 Å². The van der Waals surface area contributed by atoms with E-state index in [9.17, 15) is 9.59 Å². The van der Waals surface area contributed by atoms with E-state index in [1.54, 1.807) is 18.2 Å². The summed E-state index contributed by atoms with van der Waals surface area (Å²) in [5.41, 5.74) is 2.69. The zero-order chi connectivity index (χ0) is 18.2. The highest BCUT2D eigenvalue weighted by Crippen LogP contribution is 2.20. The number of amides is 1. The molecule has 2 aromatic carbocycles. The minimum absolute atomic E-state index is 0.278. The Kier molecular flexibility index (Phi) is 6.83. The first-order valence-corrected chi connectivity index (χ1v) is 8.29. The van der Waals surface area contributed by atoms with Gasteiger partial charge in [0.2, 0.25) is 0 Å². The van der Waals surface area contributed by atoms with Gasteiger partial charge in [0.1, 0.15) is 5.75 Å². The van der Waals surface area contributed by atoms with Crippen LogP contribution in [-0.4, -0.2) is 25.1 Å². The third-order valence-electron chi connectivity index (χ3n) is 3.50. The predicted molar refractivity (Wildman–Crippen MR) is 97.1 cm³/mol. The summed E-state index contributed by atoms with van der Waals surface area (Å²) >= 11 is 5.92. The second-order valence-corrected chi connectivity index (χ2v) is 5.87. The molecular weight excluding hydrogens is 342 g/mol. The van der Waals surface area contributed by atoms with E-state index in [0.29, 0.717) is 16.5 Å². The van der Waals surface area contributed by atoms with Gasteiger partial charge in [-0.2, -0.15) is 0 Å². The summed E-state index contributed by atoms with van der Waals surface area (Å²) in [6, 6.07) is 12.6. The maximum atomic E-state index is 11.8. The zero-order valence-corrected chi connectivity index (χ0v) is 14.9. The van der Waals surface area contributed by atoms with Crippen LogP contribution in [0.15, 0.2) is 42.5 Å². The van der Waals surface area contributed by atoms with Crippen LogP contribution in [0.1, 0.15) is 18.1 Å². The lowest BCUT2D eigenvalue weighted by atomic mass is 10.1. The largest absolute Gasteiger partial charge is 0.482 e. The first kappa shape index (κ1) is 18.8. The quantitative estimate of drug-likeness (QED) is 0.762. The number of benzene rings is 2. The van der Waals surface area contributed by atoms with Crippen LogP contribution in [0.5, 0.6) is 5.75 Å². The Morgan fingerprint density at radius 1 is 1.08 bits per heavy atom. The van der Waals surface area contributed by atoms with Crippen molar-refractivity contribution in [1.82, 2.24) is 0 Å². The van der Waals surface area contributed by atoms with E-state index >= 15 is 0 Å². The van der Waals surface area contributed by atoms with Gasteiger partial charge in [-0.15, -0.1) is 0 Å². The van der Waals surface area contributed by atoms with Gasteiger partial charge < -0.3 is 14.8 Å². The molecule has 0 unspecified atom stereocenters. The molecule has 0 saturated carbocycles. The number of halogens is 1. The highest BCUT2D eigenvalue weighted by molar-refractivity contribution is 6.31. The van der Waals surface area contributed by atoms with E-state index in [0.717, 1.165) is 12.0 Å². The molecule has 1 amide bonds. The SMILES string of the molecule is CCc1ccc(NC(=O)COC(=O)COc2ccc(Cl)c(C)c2)cc1. The summed E-state index contributed by atoms with van der Waals surface area (Å²) in [6.07, 6.45) is 0.930. The first-order chi connectivity index (χ1) is 12.0. The molecule has 0 radical (unpaired) electrons. The normalized spacial score (nSPS) is 10.2. The Balaban J connectivity index is 1.73. The number of carbonyl (C=O) groups excluding carboxylic acids is 2. The third kappa shape index (κ3) is 6.12. The molecule has 0 heterocycles. The van der Waals surface area contributed by atoms with Crippen molar-refractivity contribution >= 4 is 29.2 Å². The van der Waals surface area contributed by atoms with Crippen LogP contribution in [0.4, 0.5) is 5.69 Å². The van der Waals surface area contributed by atoms with Crippen LogP contribution in [0, 0.1) is 6.92 Å². The Bertz CT molecular complexity index is 744. The number of hydrogen-bond donors (Lipinski definition) is 1. The molecule has 132 valence electrons. The Morgan fingerprint density at radius 2 is 1.80 bits per heavy atom. The van der Waals surface area contributed by atoms with E-state index in [1.807, 2.05) is 31.2 Å². The molecule has 25 heavy (non-hydrogen) atoms. The van der Waals surface area contributed by atoms with Crippen LogP contribution in [0.3, 0.4) is 0 Å². The molecule has 0 fully saturated rings. The van der Waals surface area contributed by atoms with E-state index in [4.69, 9.17) is 21.1 Å². The van der Waals surface area contributed by atoms with Gasteiger partial charge in [-0.3, -0.25) is 4.79 Å². The molecule has 1 N–H and O–H groups in total. The summed E-state index contributed by atoms with van der Waals surface area (Å²) < 4.78 is 10.2. The van der Waals surface area contributed by atoms with Crippen molar-refractivity contribution in [3.8, 4) is 5.75 Å². The number of ether oxygens (including phenoxy) is 2. The molecule has 0 bridgehead atoms. The van der Waals surface area contributed by atoms with E-state index in [-0.39, 0.29) is 13.2 Å². The van der Waals surface area contributed by atoms with Crippen molar-refractivity contribution in [2.24, 2.45) is 0 Å². The van der Waals surface area contributed by atoms with Gasteiger partial charge in [-0.05, 0) is 54.8 Å². The van der Waals surface area contributed by atoms with Crippen molar-refractivity contribution in [3.05, 3.63) is 58.6 Å². The lowest BCUT2D eigenvalue weighted by molar-refractivity contribution is -0.149. The smallest absolute Gasteiger partial charge is 0.344 e. The van der Waals surface area contributed by atoms with Crippen LogP contribution in [0.25, 0.3) is 0 Å². The lowest BCUT2D eigenvalue weighted by Gasteiger charge is -2.09. The van der Waals surface area contributed by atoms with Crippen molar-refractivity contribution in [3.63, 3.8) is 0 Å². The fraction of sp³-hybridized carbons (Fsp3) is 0.263. The summed E-state index contributed by atoms with van der Waals surface area (Å²) in [5, 5.41) is 3.29. The topological polar surface area (TPSA) is 64.6 Å². The maximum absolute atomic E-state index is 11.8. The first-order valence-electron chi connectivity index (χ1n) is 7.91. The Labute approximate surface area is 151 Å². The van der Waals surface area contributed by atoms with Gasteiger partial charge in [0.15, 0.2) is 13.2 Å². The van der Waals surface area contributed by atoms with Crippen LogP contribution in [0.2, 0.25) is 5.02 Å². The van der Waals surface area contributed by atoms with Crippen LogP contribution < -0.4 is 10.1 Å². The third-order valence-corrected chi connectivity index (χ3v) is 3.92. The average Bonchev–Trinajstić information content (AvgIpc) is 2.61. The van der Waals surface area contributed by atoms with Crippen molar-refractivity contribution in [2.75, 3.05) is 18.5 Å². The zero-order valence-electron chi connectivity index (χ0n) is 14.2. The number of carbonyl (C=O) groups is 2. The Morgan fingerprint density at radius 3 is 2.44 bits per heavy atom. The second kappa shape index (κ2) is 9.08. The molecule has 0 aliphatic carbocycles. The fourth-order valence-electron chi connectivity index (χ4n) is 2.06. The van der Waals surface area contributed by atoms with Crippen molar-refractivity contribution in [1.29, 1.82) is 0 Å². The second-order valence-electron chi connectivity index (χ2n) is 5.46. The molecule has 6 heteroatoms. The summed E-state index contributed by atoms with van der Waals surface area (Å²) in [4.78, 5) is 23.4. The van der Waals surface area contributed by atoms with Gasteiger partial charge in [-0.1, -0.05) is 30.7 Å². The number of esters is 1. The highest BCUT2D eigenvalue weighted by atomic mass is 35.5. The molecule has 2 rings (SSSR count). The van der Waals surface area contributed by atoms with Gasteiger partial charge in [0.05, 0.1) is 0 Å². The molecule has 0 spiro atoms. The number of nitrogens with one attached hydrogen (secondary N) is 1. The molecule has 0 saturated heterocycles. The van der Waals surface area contributed by atoms with Crippen molar-refractivity contribution in [2.45, 2.75) is 20.3 Å². The number of anilines is 1. The minimum Gasteiger partial charge on any atom is -0.482 e. The van der Waals surface area contributed by atoms with E-state index < -0.39 is 11.9 Å². The van der Waals surface area contributed by atoms with Crippen LogP contribution >= 0.6 is 11.6 Å². The monoisotopic (exact) mass is 361 g/mol. The fourth-order valence-corrected chi connectivity index (χ4v) is 2.18. The lowest BCUT2D eigenvalue weighted by Crippen LogP contribution is -2.23. The maximum Gasteiger partial charge on any atom is 0.344 e. The summed E-state index contributed by atoms with van der Waals surface area (Å²) in [5.74, 6) is -0.511. The molecule has 0 atom stereocenters. The number of aryl methyl sites for hydroxylation is 2. The highest BCUT2D eigenvalue weighted by Gasteiger charge is 2.09. The van der Waals surface area contributed by atoms with Crippen molar-refractivity contribution < 1.29 is 19.1 Å². The molecule has 0 aromatic heterocycles. The molecular formula is C19H20ClNO4. The minimum atomic E-state index is -0.621. The standard InChI is InChI=1S/C19H20ClNO4/c1-3-14-4-6-15(7-5-14)21-18(22)11-25-19(23)12-24-16-8-9-17(20)13(2)10-16/h4-10H,3,11-12H2,1-2H3,(H,21,22). The van der Waals surface area contributed by atoms with E-state index in [2.05, 4.69) is 12.2 Å². The molecule has 0 aliphatic rings. The summed E-state index contributed by atoms with van der Waals surface area (Å²) in [7, 11) is 0. The molecule has 2 aromatic rings. The van der Waals surface area contributed by atoms with E-state index in [1.165, 1.54) is 5.56 Å². The predicted octanol–water partition coefficient (Wildman–Crippen LogP) is 3.77.